The van der Waals surface area contributed by atoms with Crippen LogP contribution in [0.25, 0.3) is 0 Å². The lowest BCUT2D eigenvalue weighted by Crippen LogP contribution is -2.12. The van der Waals surface area contributed by atoms with E-state index in [0.717, 1.165) is 18.5 Å². The minimum Gasteiger partial charge on any atom is -0.393 e. The molecule has 0 amide bonds. The second kappa shape index (κ2) is 5.76. The van der Waals surface area contributed by atoms with Gasteiger partial charge in [0.1, 0.15) is 0 Å². The van der Waals surface area contributed by atoms with Gasteiger partial charge in [-0.2, -0.15) is 0 Å². The molecule has 0 fully saturated rings. The van der Waals surface area contributed by atoms with Crippen LogP contribution in [0.3, 0.4) is 0 Å². The third-order valence-corrected chi connectivity index (χ3v) is 2.25. The highest BCUT2D eigenvalue weighted by Crippen LogP contribution is 2.09. The zero-order valence-electron chi connectivity index (χ0n) is 8.98. The number of aliphatic hydroxyl groups is 1. The molecule has 0 aliphatic heterocycles. The molecule has 0 saturated heterocycles. The van der Waals surface area contributed by atoms with Crippen molar-refractivity contribution in [2.75, 3.05) is 0 Å². The van der Waals surface area contributed by atoms with Crippen LogP contribution in [0.1, 0.15) is 32.4 Å². The third-order valence-electron chi connectivity index (χ3n) is 2.25. The van der Waals surface area contributed by atoms with Crippen molar-refractivity contribution in [3.8, 4) is 0 Å². The Labute approximate surface area is 86.0 Å². The molecule has 0 saturated carbocycles. The largest absolute Gasteiger partial charge is 0.393 e. The summed E-state index contributed by atoms with van der Waals surface area (Å²) in [5.41, 5.74) is 0.976. The highest BCUT2D eigenvalue weighted by Gasteiger charge is 2.06. The van der Waals surface area contributed by atoms with E-state index in [9.17, 15) is 5.11 Å². The Kier molecular flexibility index (Phi) is 4.60. The molecule has 2 heteroatoms. The molecule has 1 rings (SSSR count). The molecule has 1 atom stereocenters. The summed E-state index contributed by atoms with van der Waals surface area (Å²) >= 11 is 0. The maximum Gasteiger partial charge on any atom is 0.0595 e. The maximum atomic E-state index is 9.71. The van der Waals surface area contributed by atoms with E-state index in [0.29, 0.717) is 12.3 Å². The first-order chi connectivity index (χ1) is 6.68. The maximum absolute atomic E-state index is 9.71. The van der Waals surface area contributed by atoms with Crippen molar-refractivity contribution in [3.05, 3.63) is 30.1 Å². The smallest absolute Gasteiger partial charge is 0.0595 e. The van der Waals surface area contributed by atoms with Crippen LogP contribution in [-0.4, -0.2) is 16.2 Å². The van der Waals surface area contributed by atoms with E-state index in [-0.39, 0.29) is 6.10 Å². The summed E-state index contributed by atoms with van der Waals surface area (Å²) < 4.78 is 0. The Hall–Kier alpha value is -0.890. The van der Waals surface area contributed by atoms with Gasteiger partial charge in [-0.3, -0.25) is 4.98 Å². The van der Waals surface area contributed by atoms with Crippen LogP contribution < -0.4 is 0 Å². The van der Waals surface area contributed by atoms with Crippen LogP contribution >= 0.6 is 0 Å². The van der Waals surface area contributed by atoms with Crippen molar-refractivity contribution < 1.29 is 5.11 Å². The van der Waals surface area contributed by atoms with Gasteiger partial charge in [-0.15, -0.1) is 0 Å². The fourth-order valence-electron chi connectivity index (χ4n) is 1.39. The standard InChI is InChI=1S/C12H19NO/c1-10(2)6-7-12(14)9-11-5-3-4-8-13-11/h3-5,8,10,12,14H,6-7,9H2,1-2H3. The minimum absolute atomic E-state index is 0.243. The topological polar surface area (TPSA) is 33.1 Å². The van der Waals surface area contributed by atoms with Gasteiger partial charge >= 0.3 is 0 Å². The molecule has 78 valence electrons. The van der Waals surface area contributed by atoms with E-state index in [1.165, 1.54) is 0 Å². The highest BCUT2D eigenvalue weighted by molar-refractivity contribution is 5.04. The number of rotatable bonds is 5. The molecule has 0 radical (unpaired) electrons. The first-order valence-corrected chi connectivity index (χ1v) is 5.26. The SMILES string of the molecule is CC(C)CCC(O)Cc1ccccn1. The quantitative estimate of drug-likeness (QED) is 0.779. The number of aromatic nitrogens is 1. The van der Waals surface area contributed by atoms with Crippen LogP contribution in [0.5, 0.6) is 0 Å². The average molecular weight is 193 g/mol. The minimum atomic E-state index is -0.243. The molecular weight excluding hydrogens is 174 g/mol. The molecule has 1 aromatic rings. The molecule has 1 N–H and O–H groups in total. The van der Waals surface area contributed by atoms with Gasteiger partial charge in [0.15, 0.2) is 0 Å². The van der Waals surface area contributed by atoms with E-state index >= 15 is 0 Å². The highest BCUT2D eigenvalue weighted by atomic mass is 16.3. The first kappa shape index (κ1) is 11.2. The molecule has 0 aliphatic carbocycles. The molecule has 1 unspecified atom stereocenters. The molecular formula is C12H19NO. The Morgan fingerprint density at radius 3 is 2.64 bits per heavy atom. The zero-order valence-corrected chi connectivity index (χ0v) is 8.98. The van der Waals surface area contributed by atoms with Crippen LogP contribution in [-0.2, 0) is 6.42 Å². The van der Waals surface area contributed by atoms with E-state index in [4.69, 9.17) is 0 Å². The molecule has 0 spiro atoms. The summed E-state index contributed by atoms with van der Waals surface area (Å²) in [7, 11) is 0. The van der Waals surface area contributed by atoms with E-state index in [2.05, 4.69) is 18.8 Å². The van der Waals surface area contributed by atoms with Crippen molar-refractivity contribution in [1.29, 1.82) is 0 Å². The predicted octanol–water partition coefficient (Wildman–Crippen LogP) is 2.42. The normalized spacial score (nSPS) is 13.1. The van der Waals surface area contributed by atoms with Crippen LogP contribution in [0.15, 0.2) is 24.4 Å². The Balaban J connectivity index is 2.30. The summed E-state index contributed by atoms with van der Waals surface area (Å²) in [4.78, 5) is 4.19. The lowest BCUT2D eigenvalue weighted by atomic mass is 10.0. The Morgan fingerprint density at radius 1 is 1.29 bits per heavy atom. The van der Waals surface area contributed by atoms with Crippen molar-refractivity contribution in [2.45, 2.75) is 39.2 Å². The van der Waals surface area contributed by atoms with Gasteiger partial charge in [0, 0.05) is 18.3 Å². The zero-order chi connectivity index (χ0) is 10.4. The second-order valence-corrected chi connectivity index (χ2v) is 4.15. The fourth-order valence-corrected chi connectivity index (χ4v) is 1.39. The predicted molar refractivity (Wildman–Crippen MR) is 58.0 cm³/mol. The summed E-state index contributed by atoms with van der Waals surface area (Å²) in [5.74, 6) is 0.661. The van der Waals surface area contributed by atoms with Crippen molar-refractivity contribution in [3.63, 3.8) is 0 Å². The number of hydrogen-bond donors (Lipinski definition) is 1. The lowest BCUT2D eigenvalue weighted by Gasteiger charge is -2.11. The summed E-state index contributed by atoms with van der Waals surface area (Å²) in [5, 5.41) is 9.71. The molecule has 1 heterocycles. The number of nitrogens with zero attached hydrogens (tertiary/aromatic N) is 1. The van der Waals surface area contributed by atoms with Crippen molar-refractivity contribution in [1.82, 2.24) is 4.98 Å². The average Bonchev–Trinajstić information content (AvgIpc) is 2.16. The lowest BCUT2D eigenvalue weighted by molar-refractivity contribution is 0.156. The number of aliphatic hydroxyl groups excluding tert-OH is 1. The monoisotopic (exact) mass is 193 g/mol. The molecule has 2 nitrogen and oxygen atoms in total. The van der Waals surface area contributed by atoms with Gasteiger partial charge in [0.2, 0.25) is 0 Å². The van der Waals surface area contributed by atoms with Gasteiger partial charge < -0.3 is 5.11 Å². The van der Waals surface area contributed by atoms with Gasteiger partial charge in [-0.25, -0.2) is 0 Å². The Bertz CT molecular complexity index is 246. The third kappa shape index (κ3) is 4.38. The van der Waals surface area contributed by atoms with Crippen LogP contribution in [0.4, 0.5) is 0 Å². The van der Waals surface area contributed by atoms with Crippen molar-refractivity contribution in [2.24, 2.45) is 5.92 Å². The molecule has 0 aromatic carbocycles. The van der Waals surface area contributed by atoms with E-state index in [1.54, 1.807) is 6.20 Å². The van der Waals surface area contributed by atoms with E-state index in [1.807, 2.05) is 18.2 Å². The van der Waals surface area contributed by atoms with Gasteiger partial charge in [0.25, 0.3) is 0 Å². The van der Waals surface area contributed by atoms with Gasteiger partial charge in [-0.1, -0.05) is 19.9 Å². The second-order valence-electron chi connectivity index (χ2n) is 4.15. The summed E-state index contributed by atoms with van der Waals surface area (Å²) in [6.45, 7) is 4.35. The molecule has 0 aliphatic rings. The molecule has 1 aromatic heterocycles. The number of pyridine rings is 1. The fraction of sp³-hybridized carbons (Fsp3) is 0.583. The van der Waals surface area contributed by atoms with Crippen LogP contribution in [0, 0.1) is 5.92 Å². The van der Waals surface area contributed by atoms with Gasteiger partial charge in [-0.05, 0) is 30.9 Å². The first-order valence-electron chi connectivity index (χ1n) is 5.26. The van der Waals surface area contributed by atoms with Gasteiger partial charge in [0.05, 0.1) is 6.10 Å². The summed E-state index contributed by atoms with van der Waals surface area (Å²) in [6, 6.07) is 5.81. The molecule has 0 bridgehead atoms. The summed E-state index contributed by atoms with van der Waals surface area (Å²) in [6.07, 6.45) is 4.15. The number of hydrogen-bond acceptors (Lipinski definition) is 2. The molecule has 14 heavy (non-hydrogen) atoms. The van der Waals surface area contributed by atoms with Crippen molar-refractivity contribution >= 4 is 0 Å². The Morgan fingerprint density at radius 2 is 2.07 bits per heavy atom. The van der Waals surface area contributed by atoms with Crippen LogP contribution in [0.2, 0.25) is 0 Å². The van der Waals surface area contributed by atoms with E-state index < -0.39 is 0 Å².